The van der Waals surface area contributed by atoms with Gasteiger partial charge in [-0.1, -0.05) is 0 Å². The number of ether oxygens (including phenoxy) is 1. The molecule has 2 aromatic heterocycles. The van der Waals surface area contributed by atoms with Crippen molar-refractivity contribution < 1.29 is 4.74 Å². The number of rotatable bonds is 8. The van der Waals surface area contributed by atoms with Crippen LogP contribution in [0.25, 0.3) is 10.2 Å². The first-order valence-electron chi connectivity index (χ1n) is 11.2. The molecule has 3 heterocycles. The van der Waals surface area contributed by atoms with E-state index >= 15 is 0 Å². The fraction of sp³-hybridized carbons (Fsp3) is 0.727. The molecule has 1 fully saturated rings. The third kappa shape index (κ3) is 4.34. The van der Waals surface area contributed by atoms with E-state index in [1.807, 2.05) is 11.3 Å². The summed E-state index contributed by atoms with van der Waals surface area (Å²) in [5.41, 5.74) is 1.55. The highest BCUT2D eigenvalue weighted by Crippen LogP contribution is 2.39. The van der Waals surface area contributed by atoms with Crippen molar-refractivity contribution in [3.05, 3.63) is 16.3 Å². The van der Waals surface area contributed by atoms with Gasteiger partial charge in [-0.3, -0.25) is 4.90 Å². The highest BCUT2D eigenvalue weighted by molar-refractivity contribution is 7.19. The highest BCUT2D eigenvalue weighted by Gasteiger charge is 2.23. The second-order valence-corrected chi connectivity index (χ2v) is 9.02. The summed E-state index contributed by atoms with van der Waals surface area (Å²) < 4.78 is 5.44. The summed E-state index contributed by atoms with van der Waals surface area (Å²) in [7, 11) is 0. The second-order valence-electron chi connectivity index (χ2n) is 7.94. The molecule has 0 radical (unpaired) electrons. The van der Waals surface area contributed by atoms with Gasteiger partial charge in [-0.25, -0.2) is 9.97 Å². The van der Waals surface area contributed by atoms with Gasteiger partial charge in [0, 0.05) is 37.5 Å². The van der Waals surface area contributed by atoms with Crippen molar-refractivity contribution >= 4 is 27.4 Å². The summed E-state index contributed by atoms with van der Waals surface area (Å²) in [6.45, 7) is 11.6. The van der Waals surface area contributed by atoms with Gasteiger partial charge in [0.25, 0.3) is 0 Å². The van der Waals surface area contributed by atoms with Crippen LogP contribution in [-0.4, -0.2) is 60.8 Å². The molecule has 0 spiro atoms. The lowest BCUT2D eigenvalue weighted by Gasteiger charge is -2.26. The van der Waals surface area contributed by atoms with Gasteiger partial charge in [0.05, 0.1) is 18.6 Å². The SMILES string of the molecule is CCN(CC)c1nc(CCCCN2CCOCC2)nc2sc3c(c12)CCCC3. The summed E-state index contributed by atoms with van der Waals surface area (Å²) in [4.78, 5) is 17.8. The van der Waals surface area contributed by atoms with Crippen molar-refractivity contribution in [3.8, 4) is 0 Å². The molecule has 2 aromatic rings. The monoisotopic (exact) mass is 402 g/mol. The van der Waals surface area contributed by atoms with E-state index in [4.69, 9.17) is 14.7 Å². The fourth-order valence-corrected chi connectivity index (χ4v) is 5.76. The zero-order chi connectivity index (χ0) is 19.3. The first kappa shape index (κ1) is 20.0. The van der Waals surface area contributed by atoms with Crippen LogP contribution in [0, 0.1) is 0 Å². The summed E-state index contributed by atoms with van der Waals surface area (Å²) in [6, 6.07) is 0. The van der Waals surface area contributed by atoms with E-state index < -0.39 is 0 Å². The zero-order valence-corrected chi connectivity index (χ0v) is 18.3. The van der Waals surface area contributed by atoms with Crippen molar-refractivity contribution in [1.29, 1.82) is 0 Å². The van der Waals surface area contributed by atoms with E-state index in [-0.39, 0.29) is 0 Å². The van der Waals surface area contributed by atoms with Crippen LogP contribution in [0.5, 0.6) is 0 Å². The molecule has 0 bridgehead atoms. The predicted molar refractivity (Wildman–Crippen MR) is 118 cm³/mol. The molecule has 4 rings (SSSR count). The summed E-state index contributed by atoms with van der Waals surface area (Å²) >= 11 is 1.93. The number of aromatic nitrogens is 2. The Morgan fingerprint density at radius 3 is 2.61 bits per heavy atom. The Hall–Kier alpha value is -1.24. The lowest BCUT2D eigenvalue weighted by Crippen LogP contribution is -2.36. The minimum Gasteiger partial charge on any atom is -0.379 e. The van der Waals surface area contributed by atoms with Gasteiger partial charge in [-0.2, -0.15) is 0 Å². The van der Waals surface area contributed by atoms with E-state index in [2.05, 4.69) is 23.6 Å². The van der Waals surface area contributed by atoms with Crippen molar-refractivity contribution in [3.63, 3.8) is 0 Å². The maximum Gasteiger partial charge on any atom is 0.141 e. The first-order chi connectivity index (χ1) is 13.8. The molecule has 0 unspecified atom stereocenters. The number of fused-ring (bicyclic) bond motifs is 3. The average molecular weight is 403 g/mol. The van der Waals surface area contributed by atoms with Crippen molar-refractivity contribution in [2.75, 3.05) is 50.8 Å². The third-order valence-electron chi connectivity index (χ3n) is 6.13. The van der Waals surface area contributed by atoms with Gasteiger partial charge >= 0.3 is 0 Å². The molecular formula is C22H34N4OS. The molecule has 1 saturated heterocycles. The second kappa shape index (κ2) is 9.51. The maximum absolute atomic E-state index is 5.44. The van der Waals surface area contributed by atoms with Crippen LogP contribution in [0.1, 0.15) is 55.8 Å². The van der Waals surface area contributed by atoms with Crippen molar-refractivity contribution in [2.24, 2.45) is 0 Å². The quantitative estimate of drug-likeness (QED) is 0.623. The topological polar surface area (TPSA) is 41.5 Å². The van der Waals surface area contributed by atoms with Crippen LogP contribution in [0.4, 0.5) is 5.82 Å². The van der Waals surface area contributed by atoms with E-state index in [0.29, 0.717) is 0 Å². The molecule has 154 valence electrons. The number of aryl methyl sites for hydroxylation is 3. The van der Waals surface area contributed by atoms with Crippen molar-refractivity contribution in [1.82, 2.24) is 14.9 Å². The lowest BCUT2D eigenvalue weighted by molar-refractivity contribution is 0.0372. The molecule has 0 N–H and O–H groups in total. The number of unbranched alkanes of at least 4 members (excludes halogenated alkanes) is 1. The standard InChI is InChI=1S/C22H34N4OS/c1-3-26(4-2)21-20-17-9-5-6-10-18(17)28-22(20)24-19(23-21)11-7-8-12-25-13-15-27-16-14-25/h3-16H2,1-2H3. The zero-order valence-electron chi connectivity index (χ0n) is 17.5. The van der Waals surface area contributed by atoms with Gasteiger partial charge in [0.15, 0.2) is 0 Å². The summed E-state index contributed by atoms with van der Waals surface area (Å²) in [5, 5.41) is 1.36. The van der Waals surface area contributed by atoms with Gasteiger partial charge < -0.3 is 9.64 Å². The largest absolute Gasteiger partial charge is 0.379 e. The van der Waals surface area contributed by atoms with E-state index in [1.165, 1.54) is 54.7 Å². The van der Waals surface area contributed by atoms with Crippen LogP contribution in [0.15, 0.2) is 0 Å². The number of hydrogen-bond acceptors (Lipinski definition) is 6. The Kier molecular flexibility index (Phi) is 6.81. The molecule has 1 aliphatic heterocycles. The van der Waals surface area contributed by atoms with Crippen LogP contribution < -0.4 is 4.90 Å². The third-order valence-corrected chi connectivity index (χ3v) is 7.32. The van der Waals surface area contributed by atoms with Gasteiger partial charge in [0.1, 0.15) is 16.5 Å². The van der Waals surface area contributed by atoms with Gasteiger partial charge in [0.2, 0.25) is 0 Å². The van der Waals surface area contributed by atoms with Crippen LogP contribution in [-0.2, 0) is 24.0 Å². The minimum absolute atomic E-state index is 0.885. The number of anilines is 1. The van der Waals surface area contributed by atoms with E-state index in [9.17, 15) is 0 Å². The Morgan fingerprint density at radius 1 is 1.04 bits per heavy atom. The molecule has 2 aliphatic rings. The van der Waals surface area contributed by atoms with E-state index in [1.54, 1.807) is 10.4 Å². The average Bonchev–Trinajstić information content (AvgIpc) is 3.11. The molecule has 6 heteroatoms. The Morgan fingerprint density at radius 2 is 1.82 bits per heavy atom. The molecule has 0 saturated carbocycles. The molecule has 1 aliphatic carbocycles. The number of hydrogen-bond donors (Lipinski definition) is 0. The maximum atomic E-state index is 5.44. The molecule has 0 aromatic carbocycles. The lowest BCUT2D eigenvalue weighted by atomic mass is 9.97. The predicted octanol–water partition coefficient (Wildman–Crippen LogP) is 4.07. The van der Waals surface area contributed by atoms with Gasteiger partial charge in [-0.05, 0) is 64.5 Å². The number of nitrogens with zero attached hydrogens (tertiary/aromatic N) is 4. The molecule has 5 nitrogen and oxygen atoms in total. The smallest absolute Gasteiger partial charge is 0.141 e. The van der Waals surface area contributed by atoms with Crippen molar-refractivity contribution in [2.45, 2.75) is 58.8 Å². The Balaban J connectivity index is 1.51. The summed E-state index contributed by atoms with van der Waals surface area (Å²) in [6.07, 6.45) is 8.41. The fourth-order valence-electron chi connectivity index (χ4n) is 4.49. The number of morpholine rings is 1. The Labute approximate surface area is 173 Å². The molecular weight excluding hydrogens is 368 g/mol. The molecule has 0 amide bonds. The van der Waals surface area contributed by atoms with Gasteiger partial charge in [-0.15, -0.1) is 11.3 Å². The minimum atomic E-state index is 0.885. The highest BCUT2D eigenvalue weighted by atomic mass is 32.1. The molecule has 0 atom stereocenters. The Bertz CT molecular complexity index is 780. The van der Waals surface area contributed by atoms with E-state index in [0.717, 1.165) is 58.1 Å². The number of thiophene rings is 1. The first-order valence-corrected chi connectivity index (χ1v) is 12.0. The normalized spacial score (nSPS) is 17.8. The molecule has 28 heavy (non-hydrogen) atoms. The van der Waals surface area contributed by atoms with Crippen LogP contribution in [0.3, 0.4) is 0 Å². The van der Waals surface area contributed by atoms with Crippen LogP contribution in [0.2, 0.25) is 0 Å². The summed E-state index contributed by atoms with van der Waals surface area (Å²) in [5.74, 6) is 2.23. The van der Waals surface area contributed by atoms with Crippen LogP contribution >= 0.6 is 11.3 Å².